The maximum atomic E-state index is 13.9. The minimum absolute atomic E-state index is 0.0152. The van der Waals surface area contributed by atoms with Gasteiger partial charge in [-0.05, 0) is 41.8 Å². The summed E-state index contributed by atoms with van der Waals surface area (Å²) < 4.78 is 5.33. The molecule has 0 radical (unpaired) electrons. The molecule has 1 aliphatic heterocycles. The zero-order valence-electron chi connectivity index (χ0n) is 20.5. The van der Waals surface area contributed by atoms with Crippen molar-refractivity contribution in [3.05, 3.63) is 107 Å². The molecule has 0 saturated carbocycles. The van der Waals surface area contributed by atoms with Gasteiger partial charge < -0.3 is 9.67 Å². The van der Waals surface area contributed by atoms with E-state index in [0.717, 1.165) is 40.8 Å². The van der Waals surface area contributed by atoms with Crippen LogP contribution in [-0.2, 0) is 13.6 Å². The Hall–Kier alpha value is -4.43. The molecule has 0 unspecified atom stereocenters. The molecule has 2 aromatic heterocycles. The SMILES string of the molecule is Cn1c(C(=O)O)cnc1CN1CC[C@H](n2c(=O)n(-c3ccc(-c4ccccc4)cc3)c3ccccc32)C1. The van der Waals surface area contributed by atoms with Crippen LogP contribution in [0.2, 0.25) is 0 Å². The summed E-state index contributed by atoms with van der Waals surface area (Å²) in [5.74, 6) is -0.289. The van der Waals surface area contributed by atoms with E-state index in [4.69, 9.17) is 0 Å². The molecule has 3 aromatic carbocycles. The molecule has 0 bridgehead atoms. The second-order valence-electron chi connectivity index (χ2n) is 9.49. The minimum Gasteiger partial charge on any atom is -0.477 e. The van der Waals surface area contributed by atoms with Gasteiger partial charge in [-0.2, -0.15) is 0 Å². The number of fused-ring (bicyclic) bond motifs is 1. The Balaban J connectivity index is 1.31. The summed E-state index contributed by atoms with van der Waals surface area (Å²) in [7, 11) is 1.72. The Bertz CT molecular complexity index is 1650. The highest BCUT2D eigenvalue weighted by Gasteiger charge is 2.29. The molecule has 3 heterocycles. The quantitative estimate of drug-likeness (QED) is 0.380. The maximum Gasteiger partial charge on any atom is 0.354 e. The van der Waals surface area contributed by atoms with Crippen LogP contribution in [0.3, 0.4) is 0 Å². The Morgan fingerprint density at radius 2 is 1.62 bits per heavy atom. The fourth-order valence-corrected chi connectivity index (χ4v) is 5.37. The average Bonchev–Trinajstić information content (AvgIpc) is 3.60. The Morgan fingerprint density at radius 1 is 0.946 bits per heavy atom. The lowest BCUT2D eigenvalue weighted by Gasteiger charge is -2.16. The van der Waals surface area contributed by atoms with Gasteiger partial charge in [0.2, 0.25) is 0 Å². The zero-order valence-corrected chi connectivity index (χ0v) is 20.5. The molecule has 1 fully saturated rings. The first-order valence-electron chi connectivity index (χ1n) is 12.4. The maximum absolute atomic E-state index is 13.9. The molecular formula is C29H27N5O3. The number of aromatic nitrogens is 4. The summed E-state index contributed by atoms with van der Waals surface area (Å²) in [6, 6.07) is 26.2. The van der Waals surface area contributed by atoms with Crippen molar-refractivity contribution in [1.29, 1.82) is 0 Å². The first-order valence-corrected chi connectivity index (χ1v) is 12.4. The second-order valence-corrected chi connectivity index (χ2v) is 9.49. The van der Waals surface area contributed by atoms with Crippen molar-refractivity contribution in [2.45, 2.75) is 19.0 Å². The van der Waals surface area contributed by atoms with Crippen LogP contribution in [0.5, 0.6) is 0 Å². The van der Waals surface area contributed by atoms with E-state index in [1.807, 2.05) is 59.2 Å². The van der Waals surface area contributed by atoms with Crippen molar-refractivity contribution in [2.24, 2.45) is 7.05 Å². The number of carboxylic acid groups (broad SMARTS) is 1. The highest BCUT2D eigenvalue weighted by atomic mass is 16.4. The molecule has 0 aliphatic carbocycles. The van der Waals surface area contributed by atoms with Gasteiger partial charge in [0.15, 0.2) is 0 Å². The van der Waals surface area contributed by atoms with Gasteiger partial charge >= 0.3 is 11.7 Å². The third kappa shape index (κ3) is 4.05. The van der Waals surface area contributed by atoms with E-state index in [0.29, 0.717) is 18.9 Å². The van der Waals surface area contributed by atoms with Crippen molar-refractivity contribution in [2.75, 3.05) is 13.1 Å². The van der Waals surface area contributed by atoms with Crippen LogP contribution in [0, 0.1) is 0 Å². The Morgan fingerprint density at radius 3 is 2.32 bits per heavy atom. The molecule has 1 saturated heterocycles. The molecule has 37 heavy (non-hydrogen) atoms. The van der Waals surface area contributed by atoms with Crippen molar-refractivity contribution in [3.8, 4) is 16.8 Å². The Labute approximate surface area is 213 Å². The first-order chi connectivity index (χ1) is 18.0. The molecule has 1 aliphatic rings. The smallest absolute Gasteiger partial charge is 0.354 e. The molecule has 6 rings (SSSR count). The zero-order chi connectivity index (χ0) is 25.5. The minimum atomic E-state index is -0.989. The number of para-hydroxylation sites is 2. The van der Waals surface area contributed by atoms with E-state index < -0.39 is 5.97 Å². The summed E-state index contributed by atoms with van der Waals surface area (Å²) in [6.07, 6.45) is 2.23. The number of carbonyl (C=O) groups is 1. The van der Waals surface area contributed by atoms with Crippen molar-refractivity contribution in [3.63, 3.8) is 0 Å². The summed E-state index contributed by atoms with van der Waals surface area (Å²) >= 11 is 0. The molecule has 5 aromatic rings. The summed E-state index contributed by atoms with van der Waals surface area (Å²) in [6.45, 7) is 2.03. The van der Waals surface area contributed by atoms with Gasteiger partial charge in [0.25, 0.3) is 0 Å². The third-order valence-corrected chi connectivity index (χ3v) is 7.29. The van der Waals surface area contributed by atoms with E-state index in [9.17, 15) is 14.7 Å². The lowest BCUT2D eigenvalue weighted by Crippen LogP contribution is -2.29. The van der Waals surface area contributed by atoms with Crippen LogP contribution in [0.15, 0.2) is 89.9 Å². The normalized spacial score (nSPS) is 16.0. The van der Waals surface area contributed by atoms with Gasteiger partial charge in [-0.25, -0.2) is 14.6 Å². The van der Waals surface area contributed by atoms with Gasteiger partial charge in [0.05, 0.1) is 35.5 Å². The average molecular weight is 494 g/mol. The van der Waals surface area contributed by atoms with Crippen LogP contribution < -0.4 is 5.69 Å². The number of nitrogens with zero attached hydrogens (tertiary/aromatic N) is 5. The predicted molar refractivity (Wildman–Crippen MR) is 142 cm³/mol. The Kier molecular flexibility index (Phi) is 5.73. The van der Waals surface area contributed by atoms with Crippen molar-refractivity contribution in [1.82, 2.24) is 23.6 Å². The lowest BCUT2D eigenvalue weighted by molar-refractivity contribution is 0.0686. The van der Waals surface area contributed by atoms with Crippen molar-refractivity contribution < 1.29 is 9.90 Å². The van der Waals surface area contributed by atoms with Crippen LogP contribution in [0.1, 0.15) is 28.8 Å². The van der Waals surface area contributed by atoms with Crippen LogP contribution in [-0.4, -0.2) is 47.8 Å². The monoisotopic (exact) mass is 493 g/mol. The number of imidazole rings is 2. The fraction of sp³-hybridized carbons (Fsp3) is 0.207. The van der Waals surface area contributed by atoms with Crippen molar-refractivity contribution >= 4 is 17.0 Å². The summed E-state index contributed by atoms with van der Waals surface area (Å²) in [4.78, 5) is 31.8. The van der Waals surface area contributed by atoms with Gasteiger partial charge in [-0.15, -0.1) is 0 Å². The third-order valence-electron chi connectivity index (χ3n) is 7.29. The molecule has 8 heteroatoms. The predicted octanol–water partition coefficient (Wildman–Crippen LogP) is 4.34. The van der Waals surface area contributed by atoms with Gasteiger partial charge in [-0.3, -0.25) is 14.0 Å². The summed E-state index contributed by atoms with van der Waals surface area (Å²) in [5.41, 5.74) is 4.99. The number of benzene rings is 3. The number of rotatable bonds is 6. The fourth-order valence-electron chi connectivity index (χ4n) is 5.37. The van der Waals surface area contributed by atoms with Gasteiger partial charge in [0, 0.05) is 20.1 Å². The van der Waals surface area contributed by atoms with Crippen LogP contribution >= 0.6 is 0 Å². The first kappa shape index (κ1) is 23.0. The molecule has 0 amide bonds. The van der Waals surface area contributed by atoms with E-state index in [1.54, 1.807) is 16.2 Å². The second kappa shape index (κ2) is 9.22. The highest BCUT2D eigenvalue weighted by Crippen LogP contribution is 2.28. The van der Waals surface area contributed by atoms with Crippen LogP contribution in [0.4, 0.5) is 0 Å². The standard InChI is InChI=1S/C29H27N5O3/c1-31-26(28(35)36)17-30-27(31)19-32-16-15-23(18-32)34-25-10-6-5-9-24(25)33(29(34)37)22-13-11-21(12-14-22)20-7-3-2-4-8-20/h2-14,17,23H,15-16,18-19H2,1H3,(H,35,36)/t23-/m0/s1. The number of hydrogen-bond donors (Lipinski definition) is 1. The molecular weight excluding hydrogens is 466 g/mol. The highest BCUT2D eigenvalue weighted by molar-refractivity contribution is 5.85. The molecule has 1 atom stereocenters. The van der Waals surface area contributed by atoms with E-state index in [-0.39, 0.29) is 17.4 Å². The lowest BCUT2D eigenvalue weighted by atomic mass is 10.1. The van der Waals surface area contributed by atoms with E-state index >= 15 is 0 Å². The molecule has 186 valence electrons. The van der Waals surface area contributed by atoms with E-state index in [2.05, 4.69) is 34.1 Å². The number of likely N-dealkylation sites (tertiary alicyclic amines) is 1. The summed E-state index contributed by atoms with van der Waals surface area (Å²) in [5, 5.41) is 9.32. The topological polar surface area (TPSA) is 85.3 Å². The largest absolute Gasteiger partial charge is 0.477 e. The number of aromatic carboxylic acids is 1. The number of hydrogen-bond acceptors (Lipinski definition) is 4. The van der Waals surface area contributed by atoms with Crippen LogP contribution in [0.25, 0.3) is 27.8 Å². The number of carboxylic acids is 1. The molecule has 0 spiro atoms. The van der Waals surface area contributed by atoms with Gasteiger partial charge in [0.1, 0.15) is 11.5 Å². The van der Waals surface area contributed by atoms with Gasteiger partial charge in [-0.1, -0.05) is 54.6 Å². The molecule has 8 nitrogen and oxygen atoms in total. The molecule has 1 N–H and O–H groups in total. The van der Waals surface area contributed by atoms with E-state index in [1.165, 1.54) is 6.20 Å².